The van der Waals surface area contributed by atoms with Crippen LogP contribution in [0, 0.1) is 0 Å². The van der Waals surface area contributed by atoms with Crippen molar-refractivity contribution >= 4 is 0 Å². The van der Waals surface area contributed by atoms with E-state index in [-0.39, 0.29) is 0 Å². The molecule has 1 rings (SSSR count). The highest BCUT2D eigenvalue weighted by Crippen LogP contribution is 2.12. The zero-order valence-electron chi connectivity index (χ0n) is 8.74. The molecule has 76 valence electrons. The number of benzene rings is 1. The number of aromatic hydroxyl groups is 1. The van der Waals surface area contributed by atoms with E-state index in [9.17, 15) is 0 Å². The van der Waals surface area contributed by atoms with Gasteiger partial charge in [-0.05, 0) is 50.3 Å². The van der Waals surface area contributed by atoms with Crippen LogP contribution >= 0.6 is 0 Å². The Kier molecular flexibility index (Phi) is 4.84. The maximum absolute atomic E-state index is 9.09. The van der Waals surface area contributed by atoms with E-state index in [4.69, 9.17) is 5.11 Å². The SMILES string of the molecule is CC=CCCCCc1ccc(O)cc1. The van der Waals surface area contributed by atoms with E-state index in [0.717, 1.165) is 6.42 Å². The van der Waals surface area contributed by atoms with Crippen LogP contribution in [0.2, 0.25) is 0 Å². The Labute approximate surface area is 86.1 Å². The quantitative estimate of drug-likeness (QED) is 0.554. The molecule has 0 amide bonds. The molecule has 0 aliphatic heterocycles. The van der Waals surface area contributed by atoms with Gasteiger partial charge < -0.3 is 5.11 Å². The van der Waals surface area contributed by atoms with Gasteiger partial charge in [0.2, 0.25) is 0 Å². The minimum absolute atomic E-state index is 0.350. The number of rotatable bonds is 5. The third-order valence-corrected chi connectivity index (χ3v) is 2.26. The number of phenols is 1. The maximum atomic E-state index is 9.09. The average Bonchev–Trinajstić information content (AvgIpc) is 2.21. The van der Waals surface area contributed by atoms with E-state index in [0.29, 0.717) is 5.75 Å². The van der Waals surface area contributed by atoms with Crippen LogP contribution in [0.25, 0.3) is 0 Å². The van der Waals surface area contributed by atoms with Gasteiger partial charge in [-0.1, -0.05) is 24.3 Å². The lowest BCUT2D eigenvalue weighted by molar-refractivity contribution is 0.475. The first-order chi connectivity index (χ1) is 6.83. The topological polar surface area (TPSA) is 20.2 Å². The fourth-order valence-corrected chi connectivity index (χ4v) is 1.42. The van der Waals surface area contributed by atoms with Crippen molar-refractivity contribution in [2.24, 2.45) is 0 Å². The molecule has 0 saturated heterocycles. The molecule has 0 spiro atoms. The van der Waals surface area contributed by atoms with E-state index >= 15 is 0 Å². The first kappa shape index (κ1) is 10.8. The number of aryl methyl sites for hydroxylation is 1. The Morgan fingerprint density at radius 1 is 1.14 bits per heavy atom. The lowest BCUT2D eigenvalue weighted by Crippen LogP contribution is -1.84. The number of phenolic OH excluding ortho intramolecular Hbond substituents is 1. The van der Waals surface area contributed by atoms with Crippen LogP contribution in [-0.2, 0) is 6.42 Å². The Balaban J connectivity index is 2.21. The van der Waals surface area contributed by atoms with Crippen LogP contribution in [0.4, 0.5) is 0 Å². The van der Waals surface area contributed by atoms with Crippen LogP contribution in [0.15, 0.2) is 36.4 Å². The highest BCUT2D eigenvalue weighted by molar-refractivity contribution is 5.25. The molecule has 0 radical (unpaired) electrons. The minimum atomic E-state index is 0.350. The minimum Gasteiger partial charge on any atom is -0.508 e. The van der Waals surface area contributed by atoms with Crippen LogP contribution in [-0.4, -0.2) is 5.11 Å². The lowest BCUT2D eigenvalue weighted by atomic mass is 10.1. The van der Waals surface area contributed by atoms with Gasteiger partial charge in [0.1, 0.15) is 5.75 Å². The summed E-state index contributed by atoms with van der Waals surface area (Å²) < 4.78 is 0. The first-order valence-electron chi connectivity index (χ1n) is 5.22. The van der Waals surface area contributed by atoms with Gasteiger partial charge in [0.05, 0.1) is 0 Å². The Hall–Kier alpha value is -1.24. The number of hydrogen-bond acceptors (Lipinski definition) is 1. The van der Waals surface area contributed by atoms with Crippen molar-refractivity contribution < 1.29 is 5.11 Å². The van der Waals surface area contributed by atoms with Crippen molar-refractivity contribution in [2.45, 2.75) is 32.6 Å². The van der Waals surface area contributed by atoms with Gasteiger partial charge in [-0.15, -0.1) is 0 Å². The third-order valence-electron chi connectivity index (χ3n) is 2.26. The van der Waals surface area contributed by atoms with Crippen molar-refractivity contribution in [3.8, 4) is 5.75 Å². The second-order valence-corrected chi connectivity index (χ2v) is 3.48. The Bertz CT molecular complexity index is 272. The molecule has 0 heterocycles. The fourth-order valence-electron chi connectivity index (χ4n) is 1.42. The molecule has 0 aromatic heterocycles. The second kappa shape index (κ2) is 6.25. The van der Waals surface area contributed by atoms with Crippen LogP contribution in [0.3, 0.4) is 0 Å². The molecule has 1 aromatic carbocycles. The van der Waals surface area contributed by atoms with Crippen molar-refractivity contribution in [3.05, 3.63) is 42.0 Å². The van der Waals surface area contributed by atoms with Crippen molar-refractivity contribution in [2.75, 3.05) is 0 Å². The summed E-state index contributed by atoms with van der Waals surface area (Å²) in [6.45, 7) is 2.06. The zero-order chi connectivity index (χ0) is 10.2. The largest absolute Gasteiger partial charge is 0.508 e. The molecule has 0 aliphatic rings. The molecular formula is C13H18O. The summed E-state index contributed by atoms with van der Waals surface area (Å²) in [5.41, 5.74) is 1.31. The molecule has 0 bridgehead atoms. The van der Waals surface area contributed by atoms with Gasteiger partial charge in [-0.25, -0.2) is 0 Å². The molecule has 1 heteroatoms. The predicted octanol–water partition coefficient (Wildman–Crippen LogP) is 3.68. The summed E-state index contributed by atoms with van der Waals surface area (Å²) in [7, 11) is 0. The molecule has 1 nitrogen and oxygen atoms in total. The van der Waals surface area contributed by atoms with Gasteiger partial charge in [0.25, 0.3) is 0 Å². The highest BCUT2D eigenvalue weighted by atomic mass is 16.3. The maximum Gasteiger partial charge on any atom is 0.115 e. The van der Waals surface area contributed by atoms with Crippen LogP contribution in [0.1, 0.15) is 31.7 Å². The summed E-state index contributed by atoms with van der Waals surface area (Å²) >= 11 is 0. The average molecular weight is 190 g/mol. The van der Waals surface area contributed by atoms with Gasteiger partial charge >= 0.3 is 0 Å². The summed E-state index contributed by atoms with van der Waals surface area (Å²) in [5.74, 6) is 0.350. The number of hydrogen-bond donors (Lipinski definition) is 1. The van der Waals surface area contributed by atoms with Gasteiger partial charge in [-0.3, -0.25) is 0 Å². The smallest absolute Gasteiger partial charge is 0.115 e. The van der Waals surface area contributed by atoms with E-state index in [1.54, 1.807) is 12.1 Å². The van der Waals surface area contributed by atoms with Gasteiger partial charge in [0, 0.05) is 0 Å². The van der Waals surface area contributed by atoms with Crippen LogP contribution in [0.5, 0.6) is 5.75 Å². The molecule has 0 aliphatic carbocycles. The van der Waals surface area contributed by atoms with E-state index in [2.05, 4.69) is 19.1 Å². The van der Waals surface area contributed by atoms with Crippen molar-refractivity contribution in [1.29, 1.82) is 0 Å². The van der Waals surface area contributed by atoms with Crippen LogP contribution < -0.4 is 0 Å². The van der Waals surface area contributed by atoms with Gasteiger partial charge in [-0.2, -0.15) is 0 Å². The molecule has 14 heavy (non-hydrogen) atoms. The summed E-state index contributed by atoms with van der Waals surface area (Å²) in [5, 5.41) is 9.09. The molecule has 0 fully saturated rings. The molecule has 1 aromatic rings. The predicted molar refractivity (Wildman–Crippen MR) is 60.5 cm³/mol. The normalized spacial score (nSPS) is 10.9. The van der Waals surface area contributed by atoms with Crippen molar-refractivity contribution in [1.82, 2.24) is 0 Å². The van der Waals surface area contributed by atoms with E-state index in [1.807, 2.05) is 12.1 Å². The second-order valence-electron chi connectivity index (χ2n) is 3.48. The molecule has 0 atom stereocenters. The Morgan fingerprint density at radius 2 is 1.86 bits per heavy atom. The summed E-state index contributed by atoms with van der Waals surface area (Å²) in [6.07, 6.45) is 9.05. The molecular weight excluding hydrogens is 172 g/mol. The van der Waals surface area contributed by atoms with Crippen molar-refractivity contribution in [3.63, 3.8) is 0 Å². The molecule has 0 saturated carbocycles. The summed E-state index contributed by atoms with van der Waals surface area (Å²) in [4.78, 5) is 0. The van der Waals surface area contributed by atoms with E-state index < -0.39 is 0 Å². The first-order valence-corrected chi connectivity index (χ1v) is 5.22. The Morgan fingerprint density at radius 3 is 2.50 bits per heavy atom. The molecule has 0 unspecified atom stereocenters. The lowest BCUT2D eigenvalue weighted by Gasteiger charge is -2.00. The summed E-state index contributed by atoms with van der Waals surface area (Å²) in [6, 6.07) is 7.48. The van der Waals surface area contributed by atoms with E-state index in [1.165, 1.54) is 24.8 Å². The monoisotopic (exact) mass is 190 g/mol. The zero-order valence-corrected chi connectivity index (χ0v) is 8.74. The third kappa shape index (κ3) is 4.13. The highest BCUT2D eigenvalue weighted by Gasteiger charge is 1.92. The number of unbranched alkanes of at least 4 members (excludes halogenated alkanes) is 2. The number of allylic oxidation sites excluding steroid dienone is 2. The molecule has 1 N–H and O–H groups in total. The van der Waals surface area contributed by atoms with Gasteiger partial charge in [0.15, 0.2) is 0 Å². The fraction of sp³-hybridized carbons (Fsp3) is 0.385. The standard InChI is InChI=1S/C13H18O/c1-2-3-4-5-6-7-12-8-10-13(14)11-9-12/h2-3,8-11,14H,4-7H2,1H3.